The second kappa shape index (κ2) is 6.90. The van der Waals surface area contributed by atoms with Crippen LogP contribution < -0.4 is 10.6 Å². The van der Waals surface area contributed by atoms with Gasteiger partial charge >= 0.3 is 0 Å². The predicted molar refractivity (Wildman–Crippen MR) is 80.5 cm³/mol. The van der Waals surface area contributed by atoms with Crippen LogP contribution in [0.25, 0.3) is 0 Å². The third-order valence-electron chi connectivity index (χ3n) is 4.28. The van der Waals surface area contributed by atoms with Crippen molar-refractivity contribution in [1.29, 1.82) is 0 Å². The Bertz CT molecular complexity index is 321. The van der Waals surface area contributed by atoms with Gasteiger partial charge in [-0.1, -0.05) is 20.8 Å². The Morgan fingerprint density at radius 2 is 1.95 bits per heavy atom. The molecule has 116 valence electrons. The quantitative estimate of drug-likeness (QED) is 0.783. The molecule has 2 fully saturated rings. The summed E-state index contributed by atoms with van der Waals surface area (Å²) in [6.07, 6.45) is 5.14. The summed E-state index contributed by atoms with van der Waals surface area (Å²) in [7, 11) is 0. The van der Waals surface area contributed by atoms with Crippen LogP contribution in [0.4, 0.5) is 0 Å². The molecular weight excluding hydrogens is 252 g/mol. The minimum atomic E-state index is 0.115. The van der Waals surface area contributed by atoms with Crippen LogP contribution in [-0.4, -0.2) is 38.3 Å². The number of carbonyl (C=O) groups is 1. The molecule has 0 spiro atoms. The first-order valence-corrected chi connectivity index (χ1v) is 8.06. The molecule has 1 aliphatic carbocycles. The van der Waals surface area contributed by atoms with Crippen LogP contribution in [0.5, 0.6) is 0 Å². The first-order valence-electron chi connectivity index (χ1n) is 8.06. The normalized spacial score (nSPS) is 27.4. The molecule has 1 aliphatic heterocycles. The standard InChI is InChI=1S/C16H30N2O2/c1-16(2,3)15-13(5-4-8-20-15)10-18-14(19)11-17-9-12-6-7-12/h12-13,15,17H,4-11H2,1-3H3,(H,18,19). The highest BCUT2D eigenvalue weighted by Gasteiger charge is 2.35. The van der Waals surface area contributed by atoms with E-state index in [4.69, 9.17) is 4.74 Å². The molecule has 4 nitrogen and oxygen atoms in total. The minimum Gasteiger partial charge on any atom is -0.377 e. The second-order valence-electron chi connectivity index (χ2n) is 7.44. The fourth-order valence-electron chi connectivity index (χ4n) is 3.03. The number of ether oxygens (including phenoxy) is 1. The Morgan fingerprint density at radius 3 is 2.60 bits per heavy atom. The van der Waals surface area contributed by atoms with E-state index in [0.29, 0.717) is 12.5 Å². The molecule has 4 heteroatoms. The molecule has 1 saturated carbocycles. The minimum absolute atomic E-state index is 0.115. The van der Waals surface area contributed by atoms with Gasteiger partial charge in [0.2, 0.25) is 5.91 Å². The Morgan fingerprint density at radius 1 is 1.20 bits per heavy atom. The van der Waals surface area contributed by atoms with Gasteiger partial charge in [0.25, 0.3) is 0 Å². The van der Waals surface area contributed by atoms with Crippen LogP contribution in [0.15, 0.2) is 0 Å². The van der Waals surface area contributed by atoms with Crippen molar-refractivity contribution in [1.82, 2.24) is 10.6 Å². The first kappa shape index (κ1) is 15.8. The SMILES string of the molecule is CC(C)(C)C1OCCCC1CNC(=O)CNCC1CC1. The fraction of sp³-hybridized carbons (Fsp3) is 0.938. The summed E-state index contributed by atoms with van der Waals surface area (Å²) in [6, 6.07) is 0. The van der Waals surface area contributed by atoms with Crippen LogP contribution in [0.1, 0.15) is 46.5 Å². The van der Waals surface area contributed by atoms with Gasteiger partial charge < -0.3 is 15.4 Å². The molecule has 0 aromatic heterocycles. The molecule has 2 unspecified atom stereocenters. The molecule has 1 amide bonds. The van der Waals surface area contributed by atoms with Crippen LogP contribution >= 0.6 is 0 Å². The summed E-state index contributed by atoms with van der Waals surface area (Å²) in [6.45, 7) is 9.69. The summed E-state index contributed by atoms with van der Waals surface area (Å²) in [5, 5.41) is 6.30. The highest BCUT2D eigenvalue weighted by Crippen LogP contribution is 2.33. The Hall–Kier alpha value is -0.610. The number of amides is 1. The maximum Gasteiger partial charge on any atom is 0.233 e. The maximum absolute atomic E-state index is 11.8. The van der Waals surface area contributed by atoms with E-state index in [9.17, 15) is 4.79 Å². The van der Waals surface area contributed by atoms with E-state index in [0.717, 1.165) is 38.5 Å². The average molecular weight is 282 g/mol. The van der Waals surface area contributed by atoms with Crippen molar-refractivity contribution in [3.63, 3.8) is 0 Å². The monoisotopic (exact) mass is 282 g/mol. The van der Waals surface area contributed by atoms with Crippen molar-refractivity contribution in [2.45, 2.75) is 52.6 Å². The molecule has 0 radical (unpaired) electrons. The lowest BCUT2D eigenvalue weighted by Gasteiger charge is -2.40. The molecule has 0 aromatic carbocycles. The van der Waals surface area contributed by atoms with Gasteiger partial charge in [-0.25, -0.2) is 0 Å². The highest BCUT2D eigenvalue weighted by molar-refractivity contribution is 5.77. The highest BCUT2D eigenvalue weighted by atomic mass is 16.5. The number of rotatable bonds is 6. The first-order chi connectivity index (χ1) is 9.47. The van der Waals surface area contributed by atoms with Crippen molar-refractivity contribution < 1.29 is 9.53 Å². The van der Waals surface area contributed by atoms with Gasteiger partial charge in [0, 0.05) is 19.1 Å². The van der Waals surface area contributed by atoms with Crippen molar-refractivity contribution in [3.05, 3.63) is 0 Å². The van der Waals surface area contributed by atoms with E-state index >= 15 is 0 Å². The molecule has 2 atom stereocenters. The van der Waals surface area contributed by atoms with E-state index in [2.05, 4.69) is 31.4 Å². The summed E-state index contributed by atoms with van der Waals surface area (Å²) >= 11 is 0. The number of carbonyl (C=O) groups excluding carboxylic acids is 1. The Balaban J connectivity index is 1.68. The van der Waals surface area contributed by atoms with E-state index in [-0.39, 0.29) is 17.4 Å². The van der Waals surface area contributed by atoms with Crippen LogP contribution in [0.2, 0.25) is 0 Å². The Kier molecular flexibility index (Phi) is 5.44. The van der Waals surface area contributed by atoms with Gasteiger partial charge in [-0.2, -0.15) is 0 Å². The van der Waals surface area contributed by atoms with Crippen molar-refractivity contribution in [2.24, 2.45) is 17.3 Å². The summed E-state index contributed by atoms with van der Waals surface area (Å²) in [5.41, 5.74) is 0.139. The molecule has 1 heterocycles. The van der Waals surface area contributed by atoms with E-state index in [1.165, 1.54) is 12.8 Å². The van der Waals surface area contributed by atoms with Crippen molar-refractivity contribution in [3.8, 4) is 0 Å². The van der Waals surface area contributed by atoms with Crippen LogP contribution in [-0.2, 0) is 9.53 Å². The topological polar surface area (TPSA) is 50.4 Å². The van der Waals surface area contributed by atoms with E-state index in [1.807, 2.05) is 0 Å². The largest absolute Gasteiger partial charge is 0.377 e. The lowest BCUT2D eigenvalue weighted by atomic mass is 9.78. The van der Waals surface area contributed by atoms with Gasteiger partial charge in [-0.05, 0) is 43.6 Å². The summed E-state index contributed by atoms with van der Waals surface area (Å²) in [5.74, 6) is 1.37. The maximum atomic E-state index is 11.8. The molecular formula is C16H30N2O2. The lowest BCUT2D eigenvalue weighted by molar-refractivity contribution is -0.122. The molecule has 1 saturated heterocycles. The van der Waals surface area contributed by atoms with Gasteiger partial charge in [0.1, 0.15) is 0 Å². The van der Waals surface area contributed by atoms with Gasteiger partial charge in [0.05, 0.1) is 12.6 Å². The van der Waals surface area contributed by atoms with Crippen molar-refractivity contribution in [2.75, 3.05) is 26.2 Å². The molecule has 0 bridgehead atoms. The summed E-state index contributed by atoms with van der Waals surface area (Å²) in [4.78, 5) is 11.8. The number of hydrogen-bond acceptors (Lipinski definition) is 3. The van der Waals surface area contributed by atoms with E-state index < -0.39 is 0 Å². The van der Waals surface area contributed by atoms with Crippen molar-refractivity contribution >= 4 is 5.91 Å². The second-order valence-corrected chi connectivity index (χ2v) is 7.44. The lowest BCUT2D eigenvalue weighted by Crippen LogP contribution is -2.46. The molecule has 2 aliphatic rings. The van der Waals surface area contributed by atoms with Gasteiger partial charge in [-0.3, -0.25) is 4.79 Å². The number of nitrogens with one attached hydrogen (secondary N) is 2. The molecule has 20 heavy (non-hydrogen) atoms. The molecule has 2 N–H and O–H groups in total. The van der Waals surface area contributed by atoms with Gasteiger partial charge in [-0.15, -0.1) is 0 Å². The van der Waals surface area contributed by atoms with Gasteiger partial charge in [0.15, 0.2) is 0 Å². The fourth-order valence-corrected chi connectivity index (χ4v) is 3.03. The van der Waals surface area contributed by atoms with Crippen LogP contribution in [0, 0.1) is 17.3 Å². The average Bonchev–Trinajstić information content (AvgIpc) is 3.20. The Labute approximate surface area is 123 Å². The zero-order chi connectivity index (χ0) is 14.6. The molecule has 0 aromatic rings. The third kappa shape index (κ3) is 5.06. The zero-order valence-electron chi connectivity index (χ0n) is 13.2. The zero-order valence-corrected chi connectivity index (χ0v) is 13.2. The van der Waals surface area contributed by atoms with E-state index in [1.54, 1.807) is 0 Å². The van der Waals surface area contributed by atoms with Crippen LogP contribution in [0.3, 0.4) is 0 Å². The third-order valence-corrected chi connectivity index (χ3v) is 4.28. The smallest absolute Gasteiger partial charge is 0.233 e. The predicted octanol–water partition coefficient (Wildman–Crippen LogP) is 1.94. The summed E-state index contributed by atoms with van der Waals surface area (Å²) < 4.78 is 5.94. The molecule has 2 rings (SSSR count). The number of hydrogen-bond donors (Lipinski definition) is 2.